The molecule has 100 valence electrons. The summed E-state index contributed by atoms with van der Waals surface area (Å²) in [7, 11) is 1.54. The lowest BCUT2D eigenvalue weighted by Gasteiger charge is -2.15. The van der Waals surface area contributed by atoms with Gasteiger partial charge >= 0.3 is 5.97 Å². The predicted octanol–water partition coefficient (Wildman–Crippen LogP) is 3.16. The molecule has 5 nitrogen and oxygen atoms in total. The van der Waals surface area contributed by atoms with E-state index in [4.69, 9.17) is 14.3 Å². The fourth-order valence-electron chi connectivity index (χ4n) is 1.80. The Balaban J connectivity index is 2.29. The number of carboxylic acid groups (broad SMARTS) is 1. The number of furan rings is 1. The van der Waals surface area contributed by atoms with Crippen molar-refractivity contribution in [2.24, 2.45) is 0 Å². The molecule has 1 heterocycles. The van der Waals surface area contributed by atoms with Gasteiger partial charge in [0.1, 0.15) is 11.5 Å². The van der Waals surface area contributed by atoms with Crippen LogP contribution in [0.4, 0.5) is 5.69 Å². The SMILES string of the molecule is COc1ccc(C(=O)O)c(NC(C)c2ccco2)c1. The third-order valence-electron chi connectivity index (χ3n) is 2.80. The van der Waals surface area contributed by atoms with Gasteiger partial charge in [-0.3, -0.25) is 0 Å². The standard InChI is InChI=1S/C14H15NO4/c1-9(13-4-3-7-19-13)15-12-8-10(18-2)5-6-11(12)14(16)17/h3-9,15H,1-2H3,(H,16,17). The molecule has 0 saturated heterocycles. The molecule has 2 aromatic rings. The number of anilines is 1. The summed E-state index contributed by atoms with van der Waals surface area (Å²) in [5, 5.41) is 12.3. The molecule has 5 heteroatoms. The van der Waals surface area contributed by atoms with Crippen LogP contribution < -0.4 is 10.1 Å². The second-order valence-corrected chi connectivity index (χ2v) is 4.10. The van der Waals surface area contributed by atoms with Crippen LogP contribution in [0.3, 0.4) is 0 Å². The van der Waals surface area contributed by atoms with Gasteiger partial charge in [-0.25, -0.2) is 4.79 Å². The number of aromatic carboxylic acids is 1. The first-order chi connectivity index (χ1) is 9.11. The maximum Gasteiger partial charge on any atom is 0.337 e. The number of rotatable bonds is 5. The summed E-state index contributed by atoms with van der Waals surface area (Å²) < 4.78 is 10.4. The second-order valence-electron chi connectivity index (χ2n) is 4.10. The van der Waals surface area contributed by atoms with E-state index in [1.54, 1.807) is 24.5 Å². The van der Waals surface area contributed by atoms with Crippen molar-refractivity contribution in [1.82, 2.24) is 0 Å². The van der Waals surface area contributed by atoms with E-state index in [2.05, 4.69) is 5.32 Å². The molecule has 0 bridgehead atoms. The van der Waals surface area contributed by atoms with Crippen LogP contribution in [-0.2, 0) is 0 Å². The molecule has 0 saturated carbocycles. The molecule has 0 amide bonds. The molecule has 1 aromatic heterocycles. The van der Waals surface area contributed by atoms with Crippen molar-refractivity contribution in [3.8, 4) is 5.75 Å². The molecule has 0 aliphatic rings. The molecule has 2 rings (SSSR count). The van der Waals surface area contributed by atoms with Crippen LogP contribution in [0.25, 0.3) is 0 Å². The monoisotopic (exact) mass is 261 g/mol. The number of ether oxygens (including phenoxy) is 1. The van der Waals surface area contributed by atoms with Gasteiger partial charge in [-0.05, 0) is 31.2 Å². The minimum atomic E-state index is -0.989. The molecule has 0 fully saturated rings. The first-order valence-corrected chi connectivity index (χ1v) is 5.83. The first kappa shape index (κ1) is 13.0. The lowest BCUT2D eigenvalue weighted by atomic mass is 10.1. The summed E-state index contributed by atoms with van der Waals surface area (Å²) in [5.74, 6) is 0.343. The van der Waals surface area contributed by atoms with Crippen LogP contribution >= 0.6 is 0 Å². The third-order valence-corrected chi connectivity index (χ3v) is 2.80. The lowest BCUT2D eigenvalue weighted by molar-refractivity contribution is 0.0698. The molecular formula is C14H15NO4. The Morgan fingerprint density at radius 1 is 1.42 bits per heavy atom. The molecule has 2 N–H and O–H groups in total. The molecule has 0 radical (unpaired) electrons. The van der Waals surface area contributed by atoms with Crippen molar-refractivity contribution in [2.75, 3.05) is 12.4 Å². The van der Waals surface area contributed by atoms with Crippen molar-refractivity contribution in [2.45, 2.75) is 13.0 Å². The zero-order valence-electron chi connectivity index (χ0n) is 10.7. The number of carboxylic acids is 1. The number of carbonyl (C=O) groups is 1. The summed E-state index contributed by atoms with van der Waals surface area (Å²) in [6.45, 7) is 1.89. The summed E-state index contributed by atoms with van der Waals surface area (Å²) in [5.41, 5.74) is 0.690. The predicted molar refractivity (Wildman–Crippen MR) is 70.7 cm³/mol. The van der Waals surface area contributed by atoms with Crippen molar-refractivity contribution in [3.63, 3.8) is 0 Å². The van der Waals surface area contributed by atoms with Gasteiger partial charge in [0.05, 0.1) is 30.7 Å². The summed E-state index contributed by atoms with van der Waals surface area (Å²) >= 11 is 0. The van der Waals surface area contributed by atoms with Crippen molar-refractivity contribution >= 4 is 11.7 Å². The van der Waals surface area contributed by atoms with E-state index in [0.717, 1.165) is 5.76 Å². The number of benzene rings is 1. The third kappa shape index (κ3) is 2.88. The zero-order chi connectivity index (χ0) is 13.8. The summed E-state index contributed by atoms with van der Waals surface area (Å²) in [6.07, 6.45) is 1.58. The van der Waals surface area contributed by atoms with E-state index in [-0.39, 0.29) is 11.6 Å². The van der Waals surface area contributed by atoms with E-state index in [1.165, 1.54) is 13.2 Å². The van der Waals surface area contributed by atoms with Gasteiger partial charge in [0.15, 0.2) is 0 Å². The minimum absolute atomic E-state index is 0.139. The Morgan fingerprint density at radius 2 is 2.21 bits per heavy atom. The van der Waals surface area contributed by atoms with Crippen LogP contribution in [0.1, 0.15) is 29.1 Å². The van der Waals surface area contributed by atoms with Crippen molar-refractivity contribution in [1.29, 1.82) is 0 Å². The van der Waals surface area contributed by atoms with Crippen molar-refractivity contribution < 1.29 is 19.1 Å². The van der Waals surface area contributed by atoms with Gasteiger partial charge in [0.2, 0.25) is 0 Å². The van der Waals surface area contributed by atoms with E-state index < -0.39 is 5.97 Å². The largest absolute Gasteiger partial charge is 0.497 e. The maximum absolute atomic E-state index is 11.2. The molecule has 19 heavy (non-hydrogen) atoms. The van der Waals surface area contributed by atoms with E-state index in [9.17, 15) is 4.79 Å². The van der Waals surface area contributed by atoms with Crippen LogP contribution in [0.5, 0.6) is 5.75 Å². The van der Waals surface area contributed by atoms with Crippen LogP contribution in [-0.4, -0.2) is 18.2 Å². The highest BCUT2D eigenvalue weighted by Gasteiger charge is 2.15. The van der Waals surface area contributed by atoms with Crippen molar-refractivity contribution in [3.05, 3.63) is 47.9 Å². The first-order valence-electron chi connectivity index (χ1n) is 5.83. The molecule has 1 atom stereocenters. The number of hydrogen-bond donors (Lipinski definition) is 2. The zero-order valence-corrected chi connectivity index (χ0v) is 10.7. The highest BCUT2D eigenvalue weighted by Crippen LogP contribution is 2.26. The minimum Gasteiger partial charge on any atom is -0.497 e. The Hall–Kier alpha value is -2.43. The Kier molecular flexibility index (Phi) is 3.75. The highest BCUT2D eigenvalue weighted by atomic mass is 16.5. The van der Waals surface area contributed by atoms with Gasteiger partial charge in [0.25, 0.3) is 0 Å². The molecule has 1 unspecified atom stereocenters. The van der Waals surface area contributed by atoms with E-state index in [1.807, 2.05) is 13.0 Å². The number of methoxy groups -OCH3 is 1. The normalized spacial score (nSPS) is 11.9. The quantitative estimate of drug-likeness (QED) is 0.865. The van der Waals surface area contributed by atoms with Crippen LogP contribution in [0, 0.1) is 0 Å². The summed E-state index contributed by atoms with van der Waals surface area (Å²) in [6, 6.07) is 8.27. The number of hydrogen-bond acceptors (Lipinski definition) is 4. The fourth-order valence-corrected chi connectivity index (χ4v) is 1.80. The Morgan fingerprint density at radius 3 is 2.79 bits per heavy atom. The maximum atomic E-state index is 11.2. The smallest absolute Gasteiger partial charge is 0.337 e. The molecule has 0 aliphatic carbocycles. The molecule has 0 aliphatic heterocycles. The molecular weight excluding hydrogens is 246 g/mol. The van der Waals surface area contributed by atoms with E-state index >= 15 is 0 Å². The summed E-state index contributed by atoms with van der Waals surface area (Å²) in [4.78, 5) is 11.2. The van der Waals surface area contributed by atoms with Crippen LogP contribution in [0.2, 0.25) is 0 Å². The number of nitrogens with one attached hydrogen (secondary N) is 1. The topological polar surface area (TPSA) is 71.7 Å². The van der Waals surface area contributed by atoms with Crippen LogP contribution in [0.15, 0.2) is 41.0 Å². The average molecular weight is 261 g/mol. The van der Waals surface area contributed by atoms with Gasteiger partial charge in [-0.1, -0.05) is 0 Å². The van der Waals surface area contributed by atoms with Gasteiger partial charge in [-0.15, -0.1) is 0 Å². The second kappa shape index (κ2) is 5.48. The highest BCUT2D eigenvalue weighted by molar-refractivity contribution is 5.94. The van der Waals surface area contributed by atoms with Gasteiger partial charge < -0.3 is 19.6 Å². The van der Waals surface area contributed by atoms with E-state index in [0.29, 0.717) is 11.4 Å². The Bertz CT molecular complexity index is 563. The van der Waals surface area contributed by atoms with Gasteiger partial charge in [0, 0.05) is 6.07 Å². The Labute approximate surface area is 110 Å². The molecule has 0 spiro atoms. The average Bonchev–Trinajstić information content (AvgIpc) is 2.92. The fraction of sp³-hybridized carbons (Fsp3) is 0.214. The molecule has 1 aromatic carbocycles. The van der Waals surface area contributed by atoms with Gasteiger partial charge in [-0.2, -0.15) is 0 Å². The lowest BCUT2D eigenvalue weighted by Crippen LogP contribution is -2.10.